The highest BCUT2D eigenvalue weighted by Crippen LogP contribution is 2.20. The van der Waals surface area contributed by atoms with Gasteiger partial charge in [0.05, 0.1) is 11.5 Å². The van der Waals surface area contributed by atoms with Crippen molar-refractivity contribution in [2.24, 2.45) is 0 Å². The molecule has 0 radical (unpaired) electrons. The number of hydrogen-bond acceptors (Lipinski definition) is 3. The van der Waals surface area contributed by atoms with E-state index in [9.17, 15) is 8.42 Å². The molecule has 0 aliphatic carbocycles. The molecule has 15 heavy (non-hydrogen) atoms. The third kappa shape index (κ3) is 2.58. The summed E-state index contributed by atoms with van der Waals surface area (Å²) >= 11 is 0. The van der Waals surface area contributed by atoms with Gasteiger partial charge in [0.25, 0.3) is 0 Å². The van der Waals surface area contributed by atoms with Crippen molar-refractivity contribution in [2.45, 2.75) is 19.0 Å². The van der Waals surface area contributed by atoms with E-state index in [1.807, 2.05) is 37.3 Å². The van der Waals surface area contributed by atoms with Crippen molar-refractivity contribution in [3.8, 4) is 0 Å². The van der Waals surface area contributed by atoms with Gasteiger partial charge in [-0.1, -0.05) is 30.3 Å². The topological polar surface area (TPSA) is 46.2 Å². The molecule has 1 saturated heterocycles. The average Bonchev–Trinajstić information content (AvgIpc) is 2.16. The standard InChI is InChI=1S/C11H15NO2S/c1-9-7-15(13,14)8-11(12-9)10-5-3-2-4-6-10/h2-6,9,11-12H,7-8H2,1H3. The molecule has 2 atom stereocenters. The van der Waals surface area contributed by atoms with Crippen molar-refractivity contribution in [3.05, 3.63) is 35.9 Å². The largest absolute Gasteiger partial charge is 0.306 e. The van der Waals surface area contributed by atoms with Gasteiger partial charge in [0.1, 0.15) is 0 Å². The fraction of sp³-hybridized carbons (Fsp3) is 0.455. The number of nitrogens with one attached hydrogen (secondary N) is 1. The Bertz CT molecular complexity index is 427. The van der Waals surface area contributed by atoms with Gasteiger partial charge in [-0.25, -0.2) is 8.42 Å². The quantitative estimate of drug-likeness (QED) is 0.779. The molecule has 4 heteroatoms. The van der Waals surface area contributed by atoms with E-state index in [4.69, 9.17) is 0 Å². The fourth-order valence-corrected chi connectivity index (χ4v) is 3.81. The Balaban J connectivity index is 2.24. The van der Waals surface area contributed by atoms with Gasteiger partial charge in [-0.05, 0) is 12.5 Å². The Kier molecular flexibility index (Phi) is 2.80. The lowest BCUT2D eigenvalue weighted by atomic mass is 10.1. The van der Waals surface area contributed by atoms with Crippen LogP contribution >= 0.6 is 0 Å². The molecular formula is C11H15NO2S. The van der Waals surface area contributed by atoms with E-state index >= 15 is 0 Å². The van der Waals surface area contributed by atoms with Crippen LogP contribution in [0.3, 0.4) is 0 Å². The number of benzene rings is 1. The van der Waals surface area contributed by atoms with E-state index in [0.717, 1.165) is 5.56 Å². The van der Waals surface area contributed by atoms with Gasteiger partial charge in [0.15, 0.2) is 9.84 Å². The lowest BCUT2D eigenvalue weighted by molar-refractivity contribution is 0.468. The third-order valence-electron chi connectivity index (χ3n) is 2.61. The van der Waals surface area contributed by atoms with Gasteiger partial charge >= 0.3 is 0 Å². The Hall–Kier alpha value is -0.870. The maximum absolute atomic E-state index is 11.6. The molecule has 1 N–H and O–H groups in total. The van der Waals surface area contributed by atoms with Crippen molar-refractivity contribution in [1.82, 2.24) is 5.32 Å². The molecule has 1 aromatic carbocycles. The molecule has 3 nitrogen and oxygen atoms in total. The van der Waals surface area contributed by atoms with E-state index in [-0.39, 0.29) is 23.6 Å². The predicted octanol–water partition coefficient (Wildman–Crippen LogP) is 1.13. The Morgan fingerprint density at radius 2 is 1.87 bits per heavy atom. The summed E-state index contributed by atoms with van der Waals surface area (Å²) < 4.78 is 23.2. The van der Waals surface area contributed by atoms with E-state index in [2.05, 4.69) is 5.32 Å². The maximum atomic E-state index is 11.6. The molecule has 1 aliphatic rings. The maximum Gasteiger partial charge on any atom is 0.153 e. The smallest absolute Gasteiger partial charge is 0.153 e. The number of hydrogen-bond donors (Lipinski definition) is 1. The predicted molar refractivity (Wildman–Crippen MR) is 60.4 cm³/mol. The minimum absolute atomic E-state index is 0.0361. The minimum atomic E-state index is -2.89. The molecule has 1 aromatic rings. The summed E-state index contributed by atoms with van der Waals surface area (Å²) in [6.07, 6.45) is 0. The summed E-state index contributed by atoms with van der Waals surface area (Å²) in [6, 6.07) is 9.71. The monoisotopic (exact) mass is 225 g/mol. The van der Waals surface area contributed by atoms with Crippen LogP contribution in [0.25, 0.3) is 0 Å². The van der Waals surface area contributed by atoms with Crippen molar-refractivity contribution in [1.29, 1.82) is 0 Å². The van der Waals surface area contributed by atoms with Crippen LogP contribution in [0.1, 0.15) is 18.5 Å². The second-order valence-electron chi connectivity index (χ2n) is 4.11. The van der Waals surface area contributed by atoms with Gasteiger partial charge in [0.2, 0.25) is 0 Å². The zero-order valence-corrected chi connectivity index (χ0v) is 9.50. The van der Waals surface area contributed by atoms with Crippen molar-refractivity contribution >= 4 is 9.84 Å². The fourth-order valence-electron chi connectivity index (χ4n) is 2.02. The molecule has 1 aliphatic heterocycles. The van der Waals surface area contributed by atoms with Gasteiger partial charge < -0.3 is 5.32 Å². The number of rotatable bonds is 1. The molecular weight excluding hydrogens is 210 g/mol. The van der Waals surface area contributed by atoms with Gasteiger partial charge in [-0.2, -0.15) is 0 Å². The highest BCUT2D eigenvalue weighted by atomic mass is 32.2. The van der Waals surface area contributed by atoms with Crippen LogP contribution in [0.4, 0.5) is 0 Å². The van der Waals surface area contributed by atoms with Crippen LogP contribution in [0.15, 0.2) is 30.3 Å². The molecule has 1 fully saturated rings. The summed E-state index contributed by atoms with van der Waals surface area (Å²) in [5, 5.41) is 3.31. The first-order valence-electron chi connectivity index (χ1n) is 5.08. The van der Waals surface area contributed by atoms with E-state index in [0.29, 0.717) is 0 Å². The molecule has 82 valence electrons. The Morgan fingerprint density at radius 1 is 1.20 bits per heavy atom. The first kappa shape index (κ1) is 10.6. The van der Waals surface area contributed by atoms with Gasteiger partial charge in [-0.15, -0.1) is 0 Å². The Labute approximate surface area is 90.4 Å². The van der Waals surface area contributed by atoms with Crippen LogP contribution < -0.4 is 5.32 Å². The van der Waals surface area contributed by atoms with Gasteiger partial charge in [-0.3, -0.25) is 0 Å². The SMILES string of the molecule is CC1CS(=O)(=O)CC(c2ccccc2)N1. The zero-order chi connectivity index (χ0) is 10.9. The summed E-state index contributed by atoms with van der Waals surface area (Å²) in [7, 11) is -2.89. The zero-order valence-electron chi connectivity index (χ0n) is 8.68. The van der Waals surface area contributed by atoms with Crippen LogP contribution in [-0.4, -0.2) is 26.0 Å². The van der Waals surface area contributed by atoms with Crippen LogP contribution in [-0.2, 0) is 9.84 Å². The molecule has 0 spiro atoms. The third-order valence-corrected chi connectivity index (χ3v) is 4.46. The minimum Gasteiger partial charge on any atom is -0.306 e. The molecule has 0 aromatic heterocycles. The molecule has 0 saturated carbocycles. The highest BCUT2D eigenvalue weighted by Gasteiger charge is 2.29. The lowest BCUT2D eigenvalue weighted by Gasteiger charge is -2.29. The van der Waals surface area contributed by atoms with Crippen molar-refractivity contribution < 1.29 is 8.42 Å². The highest BCUT2D eigenvalue weighted by molar-refractivity contribution is 7.91. The summed E-state index contributed by atoms with van der Waals surface area (Å²) in [4.78, 5) is 0. The van der Waals surface area contributed by atoms with Crippen LogP contribution in [0.2, 0.25) is 0 Å². The molecule has 0 amide bonds. The summed E-state index contributed by atoms with van der Waals surface area (Å²) in [6.45, 7) is 1.91. The van der Waals surface area contributed by atoms with Crippen LogP contribution in [0, 0.1) is 0 Å². The molecule has 2 unspecified atom stereocenters. The average molecular weight is 225 g/mol. The summed E-state index contributed by atoms with van der Waals surface area (Å²) in [5.74, 6) is 0.456. The first-order chi connectivity index (χ1) is 7.07. The van der Waals surface area contributed by atoms with E-state index in [1.165, 1.54) is 0 Å². The van der Waals surface area contributed by atoms with Crippen LogP contribution in [0.5, 0.6) is 0 Å². The van der Waals surface area contributed by atoms with E-state index in [1.54, 1.807) is 0 Å². The van der Waals surface area contributed by atoms with Crippen molar-refractivity contribution in [3.63, 3.8) is 0 Å². The van der Waals surface area contributed by atoms with E-state index < -0.39 is 9.84 Å². The molecule has 1 heterocycles. The molecule has 0 bridgehead atoms. The first-order valence-corrected chi connectivity index (χ1v) is 6.90. The molecule has 2 rings (SSSR count). The van der Waals surface area contributed by atoms with Gasteiger partial charge in [0, 0.05) is 12.1 Å². The second kappa shape index (κ2) is 3.94. The normalized spacial score (nSPS) is 29.9. The summed E-state index contributed by atoms with van der Waals surface area (Å²) in [5.41, 5.74) is 1.05. The number of sulfone groups is 1. The lowest BCUT2D eigenvalue weighted by Crippen LogP contribution is -2.45. The second-order valence-corrected chi connectivity index (χ2v) is 6.26. The van der Waals surface area contributed by atoms with Crippen molar-refractivity contribution in [2.75, 3.05) is 11.5 Å². The Morgan fingerprint density at radius 3 is 2.47 bits per heavy atom.